The number of aromatic carboxylic acids is 1. The number of anilines is 1. The fourth-order valence-corrected chi connectivity index (χ4v) is 6.69. The molecule has 1 heterocycles. The van der Waals surface area contributed by atoms with Crippen molar-refractivity contribution in [1.82, 2.24) is 5.32 Å². The average Bonchev–Trinajstić information content (AvgIpc) is 3.04. The molecule has 5 rings (SSSR count). The first kappa shape index (κ1) is 36.8. The second kappa shape index (κ2) is 15.6. The third-order valence-corrected chi connectivity index (χ3v) is 8.73. The zero-order chi connectivity index (χ0) is 36.9. The number of benzene rings is 4. The van der Waals surface area contributed by atoms with Crippen LogP contribution >= 0.6 is 11.6 Å². The standard InChI is InChI=1S/C40H40ClN3O7/c1-23-18-24(2)37(34(19-23)50-25(3)45)40(4,5)22-35(46)43-26-12-14-30-32(20-26)51-33-21-27(44-39(49)42-17-9-8-16-41)13-15-31(33)36(30)28-10-6-7-11-29(28)38(47)48/h6-7,10-15,18-21H,8-9,16-17,22H2,1-5H3,(H,42,49)(H,43,46)(H,47,48)/b44-27+. The minimum absolute atomic E-state index is 0.0775. The molecular formula is C40H40ClN3O7. The molecule has 2 aliphatic rings. The van der Waals surface area contributed by atoms with E-state index in [4.69, 9.17) is 20.8 Å². The quantitative estimate of drug-likeness (QED) is 0.0410. The van der Waals surface area contributed by atoms with Gasteiger partial charge in [0, 0.05) is 71.1 Å². The normalized spacial score (nSPS) is 11.8. The number of alkyl halides is 1. The van der Waals surface area contributed by atoms with Gasteiger partial charge in [-0.15, -0.1) is 11.6 Å². The van der Waals surface area contributed by atoms with Crippen LogP contribution in [0.1, 0.15) is 67.1 Å². The molecule has 3 aromatic carbocycles. The average molecular weight is 710 g/mol. The van der Waals surface area contributed by atoms with Gasteiger partial charge in [0.1, 0.15) is 17.1 Å². The number of carboxylic acids is 1. The Morgan fingerprint density at radius 2 is 1.71 bits per heavy atom. The van der Waals surface area contributed by atoms with Crippen LogP contribution in [0, 0.1) is 13.8 Å². The van der Waals surface area contributed by atoms with E-state index < -0.39 is 23.4 Å². The first-order chi connectivity index (χ1) is 24.3. The lowest BCUT2D eigenvalue weighted by atomic mass is 9.78. The van der Waals surface area contributed by atoms with Crippen molar-refractivity contribution in [3.05, 3.63) is 100 Å². The molecule has 0 fully saturated rings. The van der Waals surface area contributed by atoms with Crippen LogP contribution in [0.3, 0.4) is 0 Å². The number of rotatable bonds is 11. The fraction of sp³-hybridized carbons (Fsp3) is 0.275. The Morgan fingerprint density at radius 1 is 0.941 bits per heavy atom. The largest absolute Gasteiger partial charge is 0.478 e. The van der Waals surface area contributed by atoms with Crippen LogP contribution in [0.5, 0.6) is 5.75 Å². The molecule has 0 aromatic heterocycles. The van der Waals surface area contributed by atoms with Crippen molar-refractivity contribution in [3.63, 3.8) is 0 Å². The van der Waals surface area contributed by atoms with Crippen molar-refractivity contribution in [2.75, 3.05) is 17.7 Å². The van der Waals surface area contributed by atoms with Crippen LogP contribution in [0.2, 0.25) is 0 Å². The highest BCUT2D eigenvalue weighted by molar-refractivity contribution is 6.17. The number of hydrogen-bond donors (Lipinski definition) is 3. The Bertz CT molecular complexity index is 2190. The van der Waals surface area contributed by atoms with Gasteiger partial charge in [-0.1, -0.05) is 38.1 Å². The highest BCUT2D eigenvalue weighted by Gasteiger charge is 2.30. The molecule has 264 valence electrons. The molecule has 3 amide bonds. The Labute approximate surface area is 300 Å². The van der Waals surface area contributed by atoms with Crippen LogP contribution in [0.25, 0.3) is 33.4 Å². The predicted molar refractivity (Wildman–Crippen MR) is 198 cm³/mol. The summed E-state index contributed by atoms with van der Waals surface area (Å²) >= 11 is 5.73. The zero-order valence-corrected chi connectivity index (χ0v) is 29.9. The number of carbonyl (C=O) groups is 4. The molecule has 10 nitrogen and oxygen atoms in total. The summed E-state index contributed by atoms with van der Waals surface area (Å²) in [7, 11) is 0. The Balaban J connectivity index is 1.55. The van der Waals surface area contributed by atoms with E-state index in [1.54, 1.807) is 60.7 Å². The molecule has 1 aliphatic carbocycles. The topological polar surface area (TPSA) is 147 Å². The first-order valence-corrected chi connectivity index (χ1v) is 17.1. The lowest BCUT2D eigenvalue weighted by Crippen LogP contribution is -2.27. The number of halogens is 1. The van der Waals surface area contributed by atoms with E-state index in [2.05, 4.69) is 15.6 Å². The number of carbonyl (C=O) groups excluding carboxylic acids is 3. The fourth-order valence-electron chi connectivity index (χ4n) is 6.50. The maximum absolute atomic E-state index is 13.6. The number of hydrogen-bond acceptors (Lipinski definition) is 6. The van der Waals surface area contributed by atoms with E-state index in [1.807, 2.05) is 33.8 Å². The summed E-state index contributed by atoms with van der Waals surface area (Å²) < 4.78 is 11.9. The molecule has 0 spiro atoms. The van der Waals surface area contributed by atoms with E-state index in [-0.39, 0.29) is 17.9 Å². The van der Waals surface area contributed by atoms with Crippen LogP contribution in [0.4, 0.5) is 10.5 Å². The molecule has 0 saturated carbocycles. The monoisotopic (exact) mass is 709 g/mol. The van der Waals surface area contributed by atoms with E-state index >= 15 is 0 Å². The van der Waals surface area contributed by atoms with Gasteiger partial charge in [-0.25, -0.2) is 9.59 Å². The van der Waals surface area contributed by atoms with Crippen LogP contribution < -0.4 is 20.7 Å². The van der Waals surface area contributed by atoms with Crippen molar-refractivity contribution in [2.24, 2.45) is 4.99 Å². The maximum atomic E-state index is 13.6. The van der Waals surface area contributed by atoms with Gasteiger partial charge in [0.05, 0.1) is 10.9 Å². The van der Waals surface area contributed by atoms with Gasteiger partial charge in [0.15, 0.2) is 0 Å². The van der Waals surface area contributed by atoms with Crippen molar-refractivity contribution in [2.45, 2.75) is 59.3 Å². The van der Waals surface area contributed by atoms with E-state index in [0.717, 1.165) is 29.5 Å². The van der Waals surface area contributed by atoms with E-state index in [1.165, 1.54) is 13.0 Å². The van der Waals surface area contributed by atoms with Crippen LogP contribution in [-0.2, 0) is 15.0 Å². The SMILES string of the molecule is CC(=O)Oc1cc(C)cc(C)c1C(C)(C)CC(=O)Nc1ccc2c(-c3ccccc3C(=O)O)c3cc/c(=N\C(=O)NCCCCCl)cc-3oc2c1. The van der Waals surface area contributed by atoms with Crippen LogP contribution in [-0.4, -0.2) is 41.4 Å². The number of aryl methyl sites for hydroxylation is 2. The molecular weight excluding hydrogens is 670 g/mol. The third kappa shape index (κ3) is 8.64. The molecule has 0 radical (unpaired) electrons. The van der Waals surface area contributed by atoms with Gasteiger partial charge in [0.25, 0.3) is 0 Å². The number of amides is 3. The zero-order valence-electron chi connectivity index (χ0n) is 29.2. The summed E-state index contributed by atoms with van der Waals surface area (Å²) in [5.41, 5.74) is 4.58. The summed E-state index contributed by atoms with van der Waals surface area (Å²) in [4.78, 5) is 54.4. The molecule has 0 unspecified atom stereocenters. The van der Waals surface area contributed by atoms with Crippen molar-refractivity contribution in [1.29, 1.82) is 0 Å². The van der Waals surface area contributed by atoms with E-state index in [0.29, 0.717) is 62.6 Å². The summed E-state index contributed by atoms with van der Waals surface area (Å²) in [5.74, 6) is -0.498. The molecule has 0 saturated heterocycles. The summed E-state index contributed by atoms with van der Waals surface area (Å²) in [5, 5.41) is 16.8. The Kier molecular flexibility index (Phi) is 11.3. The van der Waals surface area contributed by atoms with Gasteiger partial charge in [-0.3, -0.25) is 9.59 Å². The minimum atomic E-state index is -1.09. The number of ether oxygens (including phenoxy) is 1. The second-order valence-corrected chi connectivity index (χ2v) is 13.5. The summed E-state index contributed by atoms with van der Waals surface area (Å²) in [6.07, 6.45) is 1.58. The molecule has 3 N–H and O–H groups in total. The Hall–Kier alpha value is -5.48. The third-order valence-electron chi connectivity index (χ3n) is 8.46. The number of esters is 1. The van der Waals surface area contributed by atoms with Gasteiger partial charge < -0.3 is 24.9 Å². The smallest absolute Gasteiger partial charge is 0.341 e. The van der Waals surface area contributed by atoms with Gasteiger partial charge >= 0.3 is 18.0 Å². The maximum Gasteiger partial charge on any atom is 0.341 e. The van der Waals surface area contributed by atoms with Crippen molar-refractivity contribution >= 4 is 52.1 Å². The van der Waals surface area contributed by atoms with Crippen molar-refractivity contribution < 1.29 is 33.4 Å². The van der Waals surface area contributed by atoms with Gasteiger partial charge in [-0.2, -0.15) is 4.99 Å². The summed E-state index contributed by atoms with van der Waals surface area (Å²) in [6, 6.07) is 20.2. The number of unbranched alkanes of at least 4 members (excludes halogenated alkanes) is 1. The summed E-state index contributed by atoms with van der Waals surface area (Å²) in [6.45, 7) is 9.48. The molecule has 0 bridgehead atoms. The second-order valence-electron chi connectivity index (χ2n) is 13.1. The van der Waals surface area contributed by atoms with Gasteiger partial charge in [-0.05, 0) is 79.8 Å². The molecule has 1 aliphatic heterocycles. The molecule has 0 atom stereocenters. The number of fused-ring (bicyclic) bond motifs is 2. The molecule has 11 heteroatoms. The molecule has 51 heavy (non-hydrogen) atoms. The van der Waals surface area contributed by atoms with Crippen LogP contribution in [0.15, 0.2) is 82.2 Å². The first-order valence-electron chi connectivity index (χ1n) is 16.6. The predicted octanol–water partition coefficient (Wildman–Crippen LogP) is 8.38. The van der Waals surface area contributed by atoms with Gasteiger partial charge in [0.2, 0.25) is 5.91 Å². The lowest BCUT2D eigenvalue weighted by molar-refractivity contribution is -0.132. The number of nitrogens with zero attached hydrogens (tertiary/aromatic N) is 1. The van der Waals surface area contributed by atoms with Crippen molar-refractivity contribution in [3.8, 4) is 28.2 Å². The number of urea groups is 1. The number of nitrogens with one attached hydrogen (secondary N) is 2. The van der Waals surface area contributed by atoms with E-state index in [9.17, 15) is 24.3 Å². The lowest BCUT2D eigenvalue weighted by Gasteiger charge is -2.29. The minimum Gasteiger partial charge on any atom is -0.478 e. The highest BCUT2D eigenvalue weighted by atomic mass is 35.5. The Morgan fingerprint density at radius 3 is 2.43 bits per heavy atom. The number of carboxylic acid groups (broad SMARTS) is 1. The highest BCUT2D eigenvalue weighted by Crippen LogP contribution is 2.42. The molecule has 3 aromatic rings.